The van der Waals surface area contributed by atoms with Crippen LogP contribution >= 0.6 is 0 Å². The van der Waals surface area contributed by atoms with Crippen molar-refractivity contribution in [3.8, 4) is 11.8 Å². The zero-order chi connectivity index (χ0) is 25.3. The molecule has 0 amide bonds. The molecule has 35 heavy (non-hydrogen) atoms. The van der Waals surface area contributed by atoms with Crippen molar-refractivity contribution in [1.29, 1.82) is 0 Å². The monoisotopic (exact) mass is 490 g/mol. The quantitative estimate of drug-likeness (QED) is 0.162. The molecule has 2 aliphatic heterocycles. The average Bonchev–Trinajstić information content (AvgIpc) is 3.28. The fourth-order valence-electron chi connectivity index (χ4n) is 3.87. The number of hydrogen-bond acceptors (Lipinski definition) is 11. The molecule has 2 aromatic rings. The van der Waals surface area contributed by atoms with Crippen molar-refractivity contribution < 1.29 is 34.6 Å². The number of aromatic amines is 1. The second-order valence-corrected chi connectivity index (χ2v) is 8.20. The Morgan fingerprint density at radius 1 is 1.03 bits per heavy atom. The first-order chi connectivity index (χ1) is 16.7. The van der Waals surface area contributed by atoms with E-state index in [0.29, 0.717) is 11.3 Å². The van der Waals surface area contributed by atoms with Crippen molar-refractivity contribution in [2.75, 3.05) is 12.3 Å². The third-order valence-electron chi connectivity index (χ3n) is 5.80. The van der Waals surface area contributed by atoms with Gasteiger partial charge in [0.15, 0.2) is 18.6 Å². The fourth-order valence-corrected chi connectivity index (χ4v) is 3.87. The molecule has 1 aromatic heterocycles. The molecule has 1 aromatic carbocycles. The summed E-state index contributed by atoms with van der Waals surface area (Å²) in [7, 11) is 0. The molecule has 9 N–H and O–H groups in total. The van der Waals surface area contributed by atoms with Gasteiger partial charge in [0.2, 0.25) is 0 Å². The van der Waals surface area contributed by atoms with E-state index in [1.807, 2.05) is 4.98 Å². The third-order valence-corrected chi connectivity index (χ3v) is 5.80. The molecule has 2 fully saturated rings. The van der Waals surface area contributed by atoms with Crippen LogP contribution in [0.2, 0.25) is 0 Å². The number of anilines is 1. The van der Waals surface area contributed by atoms with Crippen LogP contribution < -0.4 is 22.7 Å². The Balaban J connectivity index is 1.64. The maximum atomic E-state index is 12.2. The number of aliphatic hydroxyl groups excluding tert-OH is 4. The van der Waals surface area contributed by atoms with Crippen LogP contribution in [-0.2, 0) is 14.2 Å². The number of hydrogen-bond donors (Lipinski definition) is 7. The molecule has 2 saturated heterocycles. The predicted molar refractivity (Wildman–Crippen MR) is 120 cm³/mol. The van der Waals surface area contributed by atoms with Crippen molar-refractivity contribution in [2.24, 2.45) is 5.73 Å². The minimum Gasteiger partial charge on any atom is -0.399 e. The molecule has 13 heteroatoms. The molecule has 0 radical (unpaired) electrons. The summed E-state index contributed by atoms with van der Waals surface area (Å²) in [6, 6.07) is 7.63. The largest absolute Gasteiger partial charge is 0.399 e. The maximum Gasteiger partial charge on any atom is 0.330 e. The first-order valence-corrected chi connectivity index (χ1v) is 10.8. The van der Waals surface area contributed by atoms with Gasteiger partial charge >= 0.3 is 5.69 Å². The SMILES string of the molecule is NC[C@H]1O[C@@H](O[C@@H](C#Cc2ccc(N)cc2)[C@H]2O[C@@H](n3ccc(=O)[nH]c3=O)[C@H](O)[C@@H]2O)[C@H](O)[C@@H]1O. The van der Waals surface area contributed by atoms with E-state index in [9.17, 15) is 30.0 Å². The number of rotatable bonds is 5. The van der Waals surface area contributed by atoms with Crippen LogP contribution in [0.5, 0.6) is 0 Å². The van der Waals surface area contributed by atoms with Gasteiger partial charge in [-0.1, -0.05) is 11.8 Å². The third kappa shape index (κ3) is 5.15. The normalized spacial score (nSPS) is 33.3. The average molecular weight is 490 g/mol. The van der Waals surface area contributed by atoms with Gasteiger partial charge in [0, 0.05) is 30.1 Å². The van der Waals surface area contributed by atoms with Crippen LogP contribution in [0.25, 0.3) is 0 Å². The second-order valence-electron chi connectivity index (χ2n) is 8.20. The standard InChI is InChI=1S/C22H26N4O9/c23-9-13-15(28)18(31)21(34-13)33-12(6-3-10-1-4-11(24)5-2-10)19-16(29)17(30)20(35-19)26-8-7-14(27)25-22(26)32/h1-2,4-5,7-8,12-13,15-21,28-31H,9,23-24H2,(H,25,27,32)/t12-,13+,15+,16-,17+,18+,19+,20+,21+/m0/s1. The number of ether oxygens (including phenoxy) is 3. The van der Waals surface area contributed by atoms with E-state index in [1.54, 1.807) is 24.3 Å². The number of nitrogens with zero attached hydrogens (tertiary/aromatic N) is 1. The van der Waals surface area contributed by atoms with Crippen LogP contribution in [-0.4, -0.2) is 85.5 Å². The van der Waals surface area contributed by atoms with Gasteiger partial charge in [0.05, 0.1) is 0 Å². The van der Waals surface area contributed by atoms with Crippen molar-refractivity contribution >= 4 is 5.69 Å². The number of H-pyrrole nitrogens is 1. The Kier molecular flexibility index (Phi) is 7.36. The van der Waals surface area contributed by atoms with Crippen LogP contribution in [0.15, 0.2) is 46.1 Å². The molecule has 0 unspecified atom stereocenters. The molecule has 0 saturated carbocycles. The smallest absolute Gasteiger partial charge is 0.330 e. The highest BCUT2D eigenvalue weighted by atomic mass is 16.7. The minimum atomic E-state index is -1.59. The Morgan fingerprint density at radius 2 is 1.74 bits per heavy atom. The zero-order valence-corrected chi connectivity index (χ0v) is 18.3. The van der Waals surface area contributed by atoms with Crippen molar-refractivity contribution in [2.45, 2.75) is 55.2 Å². The molecule has 13 nitrogen and oxygen atoms in total. The summed E-state index contributed by atoms with van der Waals surface area (Å²) in [4.78, 5) is 25.6. The number of nitrogens with one attached hydrogen (secondary N) is 1. The minimum absolute atomic E-state index is 0.0850. The summed E-state index contributed by atoms with van der Waals surface area (Å²) in [6.07, 6.45) is -11.1. The van der Waals surface area contributed by atoms with Gasteiger partial charge < -0.3 is 46.1 Å². The highest BCUT2D eigenvalue weighted by Gasteiger charge is 2.50. The highest BCUT2D eigenvalue weighted by Crippen LogP contribution is 2.33. The molecule has 4 rings (SSSR count). The molecule has 3 heterocycles. The van der Waals surface area contributed by atoms with Crippen LogP contribution in [0.4, 0.5) is 5.69 Å². The molecular weight excluding hydrogens is 464 g/mol. The Hall–Kier alpha value is -3.06. The number of aromatic nitrogens is 2. The number of benzene rings is 1. The summed E-state index contributed by atoms with van der Waals surface area (Å²) in [6.45, 7) is -0.0850. The van der Waals surface area contributed by atoms with Crippen molar-refractivity contribution in [1.82, 2.24) is 9.55 Å². The Bertz CT molecular complexity index is 1200. The Morgan fingerprint density at radius 3 is 2.37 bits per heavy atom. The highest BCUT2D eigenvalue weighted by molar-refractivity contribution is 5.45. The lowest BCUT2D eigenvalue weighted by molar-refractivity contribution is -0.205. The van der Waals surface area contributed by atoms with E-state index < -0.39 is 66.5 Å². The van der Waals surface area contributed by atoms with Crippen molar-refractivity contribution in [3.05, 3.63) is 62.9 Å². The van der Waals surface area contributed by atoms with Gasteiger partial charge in [-0.2, -0.15) is 0 Å². The van der Waals surface area contributed by atoms with E-state index in [-0.39, 0.29) is 6.54 Å². The predicted octanol–water partition coefficient (Wildman–Crippen LogP) is -3.42. The Labute approximate surface area is 198 Å². The topological polar surface area (TPSA) is 216 Å². The molecule has 188 valence electrons. The molecular formula is C22H26N4O9. The van der Waals surface area contributed by atoms with Gasteiger partial charge in [-0.15, -0.1) is 0 Å². The maximum absolute atomic E-state index is 12.2. The van der Waals surface area contributed by atoms with Crippen LogP contribution in [0.3, 0.4) is 0 Å². The van der Waals surface area contributed by atoms with Gasteiger partial charge in [-0.05, 0) is 24.3 Å². The molecule has 0 aliphatic carbocycles. The fraction of sp³-hybridized carbons (Fsp3) is 0.455. The van der Waals surface area contributed by atoms with Crippen LogP contribution in [0.1, 0.15) is 11.8 Å². The molecule has 9 atom stereocenters. The van der Waals surface area contributed by atoms with Gasteiger partial charge in [0.25, 0.3) is 5.56 Å². The molecule has 2 aliphatic rings. The first kappa shape index (κ1) is 25.0. The van der Waals surface area contributed by atoms with E-state index in [2.05, 4.69) is 11.8 Å². The van der Waals surface area contributed by atoms with E-state index in [0.717, 1.165) is 16.8 Å². The lowest BCUT2D eigenvalue weighted by Gasteiger charge is -2.26. The second kappa shape index (κ2) is 10.3. The number of aliphatic hydroxyl groups is 4. The summed E-state index contributed by atoms with van der Waals surface area (Å²) in [5.74, 6) is 5.62. The summed E-state index contributed by atoms with van der Waals surface area (Å²) >= 11 is 0. The first-order valence-electron chi connectivity index (χ1n) is 10.8. The van der Waals surface area contributed by atoms with Crippen LogP contribution in [0, 0.1) is 11.8 Å². The lowest BCUT2D eigenvalue weighted by Crippen LogP contribution is -2.43. The van der Waals surface area contributed by atoms with E-state index in [4.69, 9.17) is 25.7 Å². The van der Waals surface area contributed by atoms with E-state index >= 15 is 0 Å². The van der Waals surface area contributed by atoms with E-state index in [1.165, 1.54) is 0 Å². The summed E-state index contributed by atoms with van der Waals surface area (Å²) < 4.78 is 17.9. The van der Waals surface area contributed by atoms with Gasteiger partial charge in [-0.25, -0.2) is 4.79 Å². The summed E-state index contributed by atoms with van der Waals surface area (Å²) in [5.41, 5.74) is 10.8. The van der Waals surface area contributed by atoms with Gasteiger partial charge in [-0.3, -0.25) is 14.3 Å². The van der Waals surface area contributed by atoms with Crippen molar-refractivity contribution in [3.63, 3.8) is 0 Å². The zero-order valence-electron chi connectivity index (χ0n) is 18.3. The molecule has 0 spiro atoms. The number of nitrogen functional groups attached to an aromatic ring is 1. The number of nitrogens with two attached hydrogens (primary N) is 2. The van der Waals surface area contributed by atoms with Gasteiger partial charge in [0.1, 0.15) is 36.6 Å². The summed E-state index contributed by atoms with van der Waals surface area (Å²) in [5, 5.41) is 41.8. The lowest BCUT2D eigenvalue weighted by atomic mass is 10.0. The molecule has 0 bridgehead atoms.